The Balaban J connectivity index is 1.92. The quantitative estimate of drug-likeness (QED) is 0.490. The molecule has 0 radical (unpaired) electrons. The lowest BCUT2D eigenvalue weighted by molar-refractivity contribution is -0.157. The third-order valence-corrected chi connectivity index (χ3v) is 4.90. The number of carboxylic acid groups (broad SMARTS) is 1. The number of nitrogens with one attached hydrogen (secondary N) is 1. The van der Waals surface area contributed by atoms with Crippen LogP contribution in [0.4, 0.5) is 5.69 Å². The zero-order valence-electron chi connectivity index (χ0n) is 18.6. The molecule has 0 saturated heterocycles. The van der Waals surface area contributed by atoms with Crippen molar-refractivity contribution in [2.45, 2.75) is 26.1 Å². The van der Waals surface area contributed by atoms with Gasteiger partial charge in [-0.3, -0.25) is 4.79 Å². The highest BCUT2D eigenvalue weighted by atomic mass is 16.6. The molecule has 0 fully saturated rings. The van der Waals surface area contributed by atoms with E-state index in [1.807, 2.05) is 13.0 Å². The summed E-state index contributed by atoms with van der Waals surface area (Å²) in [6, 6.07) is 20.7. The van der Waals surface area contributed by atoms with Crippen LogP contribution in [0.1, 0.15) is 31.8 Å². The maximum Gasteiger partial charge on any atom is 0.349 e. The summed E-state index contributed by atoms with van der Waals surface area (Å²) in [4.78, 5) is 50.4. The molecule has 8 nitrogen and oxygen atoms in total. The van der Waals surface area contributed by atoms with Crippen LogP contribution in [0, 0.1) is 13.8 Å². The van der Waals surface area contributed by atoms with Gasteiger partial charge in [-0.15, -0.1) is 0 Å². The minimum absolute atomic E-state index is 0.0803. The van der Waals surface area contributed by atoms with E-state index in [1.54, 1.807) is 55.5 Å². The Bertz CT molecular complexity index is 1190. The molecule has 8 heteroatoms. The molecule has 0 unspecified atom stereocenters. The molecular weight excluding hydrogens is 438 g/mol. The number of ether oxygens (including phenoxy) is 2. The summed E-state index contributed by atoms with van der Waals surface area (Å²) >= 11 is 0. The van der Waals surface area contributed by atoms with Crippen molar-refractivity contribution >= 4 is 29.5 Å². The van der Waals surface area contributed by atoms with Gasteiger partial charge in [0.25, 0.3) is 5.91 Å². The van der Waals surface area contributed by atoms with Crippen LogP contribution >= 0.6 is 0 Å². The number of aryl methyl sites for hydroxylation is 2. The molecule has 0 heterocycles. The minimum Gasteiger partial charge on any atom is -0.478 e. The van der Waals surface area contributed by atoms with Gasteiger partial charge >= 0.3 is 17.9 Å². The second kappa shape index (κ2) is 10.9. The van der Waals surface area contributed by atoms with E-state index in [2.05, 4.69) is 5.32 Å². The monoisotopic (exact) mass is 461 g/mol. The Hall–Kier alpha value is -4.46. The Kier molecular flexibility index (Phi) is 7.76. The van der Waals surface area contributed by atoms with Crippen molar-refractivity contribution in [3.8, 4) is 0 Å². The third-order valence-electron chi connectivity index (χ3n) is 4.90. The molecule has 1 amide bonds. The molecule has 3 aromatic rings. The predicted molar refractivity (Wildman–Crippen MR) is 123 cm³/mol. The van der Waals surface area contributed by atoms with Crippen LogP contribution in [0.2, 0.25) is 0 Å². The third kappa shape index (κ3) is 6.07. The number of benzene rings is 3. The fourth-order valence-corrected chi connectivity index (χ4v) is 3.17. The van der Waals surface area contributed by atoms with Gasteiger partial charge in [-0.1, -0.05) is 54.1 Å². The van der Waals surface area contributed by atoms with Crippen LogP contribution in [0.3, 0.4) is 0 Å². The van der Waals surface area contributed by atoms with Crippen LogP contribution in [0.5, 0.6) is 0 Å². The molecule has 3 rings (SSSR count). The highest BCUT2D eigenvalue weighted by Gasteiger charge is 2.41. The normalized spacial score (nSPS) is 12.2. The lowest BCUT2D eigenvalue weighted by Crippen LogP contribution is -2.48. The van der Waals surface area contributed by atoms with Crippen LogP contribution in [-0.2, 0) is 19.1 Å². The van der Waals surface area contributed by atoms with E-state index in [4.69, 9.17) is 9.47 Å². The molecule has 0 aliphatic carbocycles. The zero-order chi connectivity index (χ0) is 24.7. The zero-order valence-corrected chi connectivity index (χ0v) is 18.6. The number of carbonyl (C=O) groups is 4. The van der Waals surface area contributed by atoms with Crippen LogP contribution in [0.25, 0.3) is 0 Å². The van der Waals surface area contributed by atoms with Crippen molar-refractivity contribution in [2.24, 2.45) is 0 Å². The number of esters is 2. The maximum atomic E-state index is 13.1. The molecule has 0 aromatic heterocycles. The van der Waals surface area contributed by atoms with Crippen molar-refractivity contribution < 1.29 is 33.8 Å². The largest absolute Gasteiger partial charge is 0.478 e. The van der Waals surface area contributed by atoms with Gasteiger partial charge in [0.05, 0.1) is 11.1 Å². The van der Waals surface area contributed by atoms with Crippen molar-refractivity contribution in [3.05, 3.63) is 101 Å². The molecule has 174 valence electrons. The average Bonchev–Trinajstić information content (AvgIpc) is 2.83. The maximum absolute atomic E-state index is 13.1. The SMILES string of the molecule is Cc1ccc(NC(=O)[C@@H](OC(=O)c2ccccc2)[C@H](OC(=O)c2ccccc2)C(=O)O)c(C)c1. The van der Waals surface area contributed by atoms with Gasteiger partial charge < -0.3 is 19.9 Å². The predicted octanol–water partition coefficient (Wildman–Crippen LogP) is 3.78. The van der Waals surface area contributed by atoms with Gasteiger partial charge in [-0.25, -0.2) is 14.4 Å². The summed E-state index contributed by atoms with van der Waals surface area (Å²) < 4.78 is 10.4. The van der Waals surface area contributed by atoms with Gasteiger partial charge in [0.2, 0.25) is 12.2 Å². The second-order valence-electron chi connectivity index (χ2n) is 7.53. The van der Waals surface area contributed by atoms with Crippen molar-refractivity contribution in [1.29, 1.82) is 0 Å². The van der Waals surface area contributed by atoms with E-state index in [0.717, 1.165) is 11.1 Å². The van der Waals surface area contributed by atoms with Gasteiger partial charge in [-0.2, -0.15) is 0 Å². The van der Waals surface area contributed by atoms with Crippen LogP contribution < -0.4 is 5.32 Å². The molecular formula is C26H23NO7. The van der Waals surface area contributed by atoms with Crippen molar-refractivity contribution in [3.63, 3.8) is 0 Å². The molecule has 2 atom stereocenters. The summed E-state index contributed by atoms with van der Waals surface area (Å²) in [5.74, 6) is -4.52. The highest BCUT2D eigenvalue weighted by Crippen LogP contribution is 2.19. The lowest BCUT2D eigenvalue weighted by Gasteiger charge is -2.24. The highest BCUT2D eigenvalue weighted by molar-refractivity contribution is 6.01. The Labute approximate surface area is 196 Å². The standard InChI is InChI=1S/C26H23NO7/c1-16-13-14-20(17(2)15-16)27-23(28)21(33-25(31)18-9-5-3-6-10-18)22(24(29)30)34-26(32)19-11-7-4-8-12-19/h3-15,21-22H,1-2H3,(H,27,28)(H,29,30)/t21-,22-/m0/s1. The van der Waals surface area contributed by atoms with Crippen LogP contribution in [0.15, 0.2) is 78.9 Å². The van der Waals surface area contributed by atoms with Gasteiger partial charge in [0, 0.05) is 5.69 Å². The van der Waals surface area contributed by atoms with E-state index in [1.165, 1.54) is 24.3 Å². The van der Waals surface area contributed by atoms with Crippen molar-refractivity contribution in [1.82, 2.24) is 0 Å². The fourth-order valence-electron chi connectivity index (χ4n) is 3.17. The molecule has 0 bridgehead atoms. The summed E-state index contributed by atoms with van der Waals surface area (Å²) in [5, 5.41) is 12.4. The van der Waals surface area contributed by atoms with E-state index >= 15 is 0 Å². The molecule has 0 aliphatic heterocycles. The minimum atomic E-state index is -2.09. The molecule has 2 N–H and O–H groups in total. The topological polar surface area (TPSA) is 119 Å². The molecule has 34 heavy (non-hydrogen) atoms. The number of carboxylic acids is 1. The van der Waals surface area contributed by atoms with Gasteiger partial charge in [0.15, 0.2) is 0 Å². The first-order valence-corrected chi connectivity index (χ1v) is 10.4. The number of hydrogen-bond donors (Lipinski definition) is 2. The summed E-state index contributed by atoms with van der Waals surface area (Å²) in [6.45, 7) is 3.64. The van der Waals surface area contributed by atoms with E-state index in [0.29, 0.717) is 5.69 Å². The second-order valence-corrected chi connectivity index (χ2v) is 7.53. The summed E-state index contributed by atoms with van der Waals surface area (Å²) in [6.07, 6.45) is -4.05. The number of anilines is 1. The van der Waals surface area contributed by atoms with E-state index in [-0.39, 0.29) is 11.1 Å². The number of rotatable bonds is 8. The Morgan fingerprint density at radius 2 is 1.24 bits per heavy atom. The Morgan fingerprint density at radius 3 is 1.71 bits per heavy atom. The number of aliphatic carboxylic acids is 1. The summed E-state index contributed by atoms with van der Waals surface area (Å²) in [7, 11) is 0. The molecule has 0 aliphatic rings. The first-order valence-electron chi connectivity index (χ1n) is 10.4. The van der Waals surface area contributed by atoms with Crippen molar-refractivity contribution in [2.75, 3.05) is 5.32 Å². The lowest BCUT2D eigenvalue weighted by atomic mass is 10.1. The van der Waals surface area contributed by atoms with Gasteiger partial charge in [-0.05, 0) is 49.7 Å². The van der Waals surface area contributed by atoms with Gasteiger partial charge in [0.1, 0.15) is 0 Å². The molecule has 0 spiro atoms. The number of amides is 1. The average molecular weight is 461 g/mol. The molecule has 3 aromatic carbocycles. The van der Waals surface area contributed by atoms with Crippen LogP contribution in [-0.4, -0.2) is 41.1 Å². The van der Waals surface area contributed by atoms with E-state index < -0.39 is 36.0 Å². The summed E-state index contributed by atoms with van der Waals surface area (Å²) in [5.41, 5.74) is 2.26. The number of carbonyl (C=O) groups excluding carboxylic acids is 3. The Morgan fingerprint density at radius 1 is 0.735 bits per heavy atom. The molecule has 0 saturated carbocycles. The fraction of sp³-hybridized carbons (Fsp3) is 0.154. The first-order chi connectivity index (χ1) is 16.3. The first kappa shape index (κ1) is 24.2. The number of hydrogen-bond acceptors (Lipinski definition) is 6. The smallest absolute Gasteiger partial charge is 0.349 e. The van der Waals surface area contributed by atoms with E-state index in [9.17, 15) is 24.3 Å².